The van der Waals surface area contributed by atoms with Crippen molar-refractivity contribution in [1.29, 1.82) is 0 Å². The van der Waals surface area contributed by atoms with Crippen molar-refractivity contribution < 1.29 is 14.3 Å². The number of aryl methyl sites for hydroxylation is 1. The van der Waals surface area contributed by atoms with Crippen LogP contribution < -0.4 is 10.2 Å². The summed E-state index contributed by atoms with van der Waals surface area (Å²) in [5.74, 6) is 0.482. The number of nitrogens with zero attached hydrogens (tertiary/aromatic N) is 3. The summed E-state index contributed by atoms with van der Waals surface area (Å²) < 4.78 is 19.1. The van der Waals surface area contributed by atoms with Crippen LogP contribution in [0, 0.1) is 12.7 Å². The van der Waals surface area contributed by atoms with Crippen LogP contribution in [0.25, 0.3) is 0 Å². The molecule has 2 aromatic rings. The van der Waals surface area contributed by atoms with Crippen LogP contribution >= 0.6 is 0 Å². The molecule has 7 heteroatoms. The minimum absolute atomic E-state index is 0.261. The lowest BCUT2D eigenvalue weighted by molar-refractivity contribution is 0.234. The fraction of sp³-hybridized carbons (Fsp3) is 0.368. The third-order valence-electron chi connectivity index (χ3n) is 4.26. The first-order chi connectivity index (χ1) is 12.7. The Hall–Kier alpha value is -2.51. The largest absolute Gasteiger partial charge is 0.438 e. The average molecular weight is 358 g/mol. The maximum atomic E-state index is 13.4. The number of halogens is 1. The molecule has 26 heavy (non-hydrogen) atoms. The summed E-state index contributed by atoms with van der Waals surface area (Å²) in [6.45, 7) is 5.41. The van der Waals surface area contributed by atoms with E-state index >= 15 is 0 Å². The molecule has 1 aromatic heterocycles. The molecule has 1 fully saturated rings. The van der Waals surface area contributed by atoms with Crippen LogP contribution in [0.2, 0.25) is 0 Å². The van der Waals surface area contributed by atoms with E-state index in [1.54, 1.807) is 24.3 Å². The van der Waals surface area contributed by atoms with E-state index in [0.717, 1.165) is 25.3 Å². The number of nitrogens with one attached hydrogen (secondary N) is 1. The van der Waals surface area contributed by atoms with Gasteiger partial charge in [0.1, 0.15) is 11.6 Å². The number of benzene rings is 1. The van der Waals surface area contributed by atoms with Crippen molar-refractivity contribution in [3.8, 4) is 11.6 Å². The molecule has 0 atom stereocenters. The highest BCUT2D eigenvalue weighted by molar-refractivity contribution is 6.00. The van der Waals surface area contributed by atoms with E-state index in [2.05, 4.69) is 20.4 Å². The van der Waals surface area contributed by atoms with Gasteiger partial charge >= 0.3 is 0 Å². The Morgan fingerprint density at radius 1 is 1.31 bits per heavy atom. The molecule has 0 amide bonds. The van der Waals surface area contributed by atoms with Crippen LogP contribution in [0.5, 0.6) is 11.6 Å². The standard InChI is InChI=1S/C19H23FN4O2/c1-14-7-8-17(18(23-25)21-9-12-24-10-2-3-11-24)19(22-14)26-16-6-4-5-15(20)13-16/h4-8,13,25H,2-3,9-12H2,1H3,(H,21,23). The van der Waals surface area contributed by atoms with Gasteiger partial charge in [-0.2, -0.15) is 0 Å². The van der Waals surface area contributed by atoms with Crippen LogP contribution in [-0.2, 0) is 0 Å². The molecule has 1 aliphatic heterocycles. The van der Waals surface area contributed by atoms with Gasteiger partial charge in [0, 0.05) is 18.3 Å². The summed E-state index contributed by atoms with van der Waals surface area (Å²) in [5.41, 5.74) is 3.40. The number of hydrogen-bond acceptors (Lipinski definition) is 5. The molecular weight excluding hydrogens is 335 g/mol. The van der Waals surface area contributed by atoms with E-state index < -0.39 is 5.82 Å². The first-order valence-corrected chi connectivity index (χ1v) is 8.74. The Morgan fingerprint density at radius 3 is 2.85 bits per heavy atom. The van der Waals surface area contributed by atoms with Crippen molar-refractivity contribution in [2.45, 2.75) is 19.8 Å². The maximum absolute atomic E-state index is 13.4. The molecule has 0 saturated carbocycles. The zero-order valence-corrected chi connectivity index (χ0v) is 14.8. The number of rotatable bonds is 6. The molecule has 138 valence electrons. The SMILES string of the molecule is Cc1ccc(C(=NCCN2CCCC2)NO)c(Oc2cccc(F)c2)n1. The fourth-order valence-corrected chi connectivity index (χ4v) is 2.92. The quantitative estimate of drug-likeness (QED) is 0.472. The van der Waals surface area contributed by atoms with E-state index in [1.807, 2.05) is 6.92 Å². The van der Waals surface area contributed by atoms with Crippen molar-refractivity contribution in [3.63, 3.8) is 0 Å². The van der Waals surface area contributed by atoms with Gasteiger partial charge in [-0.1, -0.05) is 6.07 Å². The summed E-state index contributed by atoms with van der Waals surface area (Å²) in [5, 5.41) is 9.54. The van der Waals surface area contributed by atoms with Gasteiger partial charge in [-0.25, -0.2) is 9.37 Å². The second kappa shape index (κ2) is 8.73. The Kier molecular flexibility index (Phi) is 6.14. The van der Waals surface area contributed by atoms with E-state index in [0.29, 0.717) is 17.9 Å². The zero-order valence-electron chi connectivity index (χ0n) is 14.8. The van der Waals surface area contributed by atoms with Crippen molar-refractivity contribution in [3.05, 3.63) is 53.5 Å². The molecule has 0 spiro atoms. The molecule has 1 aromatic carbocycles. The van der Waals surface area contributed by atoms with Gasteiger partial charge in [0.25, 0.3) is 0 Å². The van der Waals surface area contributed by atoms with Crippen molar-refractivity contribution in [2.24, 2.45) is 4.99 Å². The van der Waals surface area contributed by atoms with Gasteiger partial charge < -0.3 is 9.64 Å². The Bertz CT molecular complexity index is 776. The first-order valence-electron chi connectivity index (χ1n) is 8.74. The number of aliphatic imine (C=N–C) groups is 1. The number of amidine groups is 1. The minimum atomic E-state index is -0.392. The summed E-state index contributed by atoms with van der Waals surface area (Å²) in [7, 11) is 0. The summed E-state index contributed by atoms with van der Waals surface area (Å²) in [6.07, 6.45) is 2.45. The monoisotopic (exact) mass is 358 g/mol. The summed E-state index contributed by atoms with van der Waals surface area (Å²) in [4.78, 5) is 11.2. The lowest BCUT2D eigenvalue weighted by Gasteiger charge is -2.14. The zero-order chi connectivity index (χ0) is 18.4. The van der Waals surface area contributed by atoms with Crippen molar-refractivity contribution in [2.75, 3.05) is 26.2 Å². The molecule has 0 unspecified atom stereocenters. The third-order valence-corrected chi connectivity index (χ3v) is 4.26. The molecule has 1 saturated heterocycles. The Labute approximate surface area is 152 Å². The molecule has 6 nitrogen and oxygen atoms in total. The summed E-state index contributed by atoms with van der Waals surface area (Å²) in [6, 6.07) is 9.42. The predicted molar refractivity (Wildman–Crippen MR) is 97.4 cm³/mol. The fourth-order valence-electron chi connectivity index (χ4n) is 2.92. The van der Waals surface area contributed by atoms with Crippen LogP contribution in [0.3, 0.4) is 0 Å². The predicted octanol–water partition coefficient (Wildman–Crippen LogP) is 3.14. The van der Waals surface area contributed by atoms with E-state index in [9.17, 15) is 9.60 Å². The molecule has 3 rings (SSSR count). The highest BCUT2D eigenvalue weighted by Gasteiger charge is 2.15. The van der Waals surface area contributed by atoms with Crippen LogP contribution in [0.15, 0.2) is 41.4 Å². The Morgan fingerprint density at radius 2 is 2.12 bits per heavy atom. The number of hydroxylamine groups is 1. The first kappa shape index (κ1) is 18.3. The summed E-state index contributed by atoms with van der Waals surface area (Å²) >= 11 is 0. The second-order valence-corrected chi connectivity index (χ2v) is 6.26. The smallest absolute Gasteiger partial charge is 0.230 e. The number of pyridine rings is 1. The topological polar surface area (TPSA) is 70.0 Å². The van der Waals surface area contributed by atoms with Crippen LogP contribution in [0.4, 0.5) is 4.39 Å². The normalized spacial score (nSPS) is 15.3. The highest BCUT2D eigenvalue weighted by atomic mass is 19.1. The number of aromatic nitrogens is 1. The highest BCUT2D eigenvalue weighted by Crippen LogP contribution is 2.24. The maximum Gasteiger partial charge on any atom is 0.230 e. The average Bonchev–Trinajstić information content (AvgIpc) is 3.13. The van der Waals surface area contributed by atoms with Gasteiger partial charge in [0.05, 0.1) is 12.1 Å². The lowest BCUT2D eigenvalue weighted by atomic mass is 10.2. The second-order valence-electron chi connectivity index (χ2n) is 6.26. The molecule has 0 radical (unpaired) electrons. The van der Waals surface area contributed by atoms with Crippen LogP contribution in [-0.4, -0.2) is 47.1 Å². The van der Waals surface area contributed by atoms with Gasteiger partial charge in [0.15, 0.2) is 5.84 Å². The van der Waals surface area contributed by atoms with Gasteiger partial charge in [0.2, 0.25) is 5.88 Å². The number of ether oxygens (including phenoxy) is 1. The molecule has 0 bridgehead atoms. The Balaban J connectivity index is 1.80. The van der Waals surface area contributed by atoms with E-state index in [4.69, 9.17) is 4.74 Å². The molecule has 2 heterocycles. The lowest BCUT2D eigenvalue weighted by Crippen LogP contribution is -2.26. The van der Waals surface area contributed by atoms with Crippen molar-refractivity contribution in [1.82, 2.24) is 15.4 Å². The minimum Gasteiger partial charge on any atom is -0.438 e. The number of hydrogen-bond donors (Lipinski definition) is 2. The molecule has 0 aliphatic carbocycles. The number of likely N-dealkylation sites (tertiary alicyclic amines) is 1. The molecular formula is C19H23FN4O2. The third kappa shape index (κ3) is 4.77. The van der Waals surface area contributed by atoms with E-state index in [1.165, 1.54) is 25.0 Å². The van der Waals surface area contributed by atoms with Crippen molar-refractivity contribution >= 4 is 5.84 Å². The van der Waals surface area contributed by atoms with Crippen LogP contribution in [0.1, 0.15) is 24.1 Å². The van der Waals surface area contributed by atoms with E-state index in [-0.39, 0.29) is 11.7 Å². The van der Waals surface area contributed by atoms with Gasteiger partial charge in [-0.05, 0) is 57.1 Å². The molecule has 1 aliphatic rings. The van der Waals surface area contributed by atoms with Gasteiger partial charge in [-0.3, -0.25) is 15.7 Å². The van der Waals surface area contributed by atoms with Gasteiger partial charge in [-0.15, -0.1) is 0 Å². The molecule has 2 N–H and O–H groups in total.